The highest BCUT2D eigenvalue weighted by molar-refractivity contribution is 7.90. The third-order valence-corrected chi connectivity index (χ3v) is 6.38. The number of esters is 1. The first-order valence-electron chi connectivity index (χ1n) is 8.69. The lowest BCUT2D eigenvalue weighted by atomic mass is 10.2. The van der Waals surface area contributed by atoms with Crippen molar-refractivity contribution in [3.8, 4) is 0 Å². The molecule has 0 fully saturated rings. The molecule has 1 aromatic carbocycles. The Kier molecular flexibility index (Phi) is 5.89. The second-order valence-electron chi connectivity index (χ2n) is 6.35. The third-order valence-electron chi connectivity index (χ3n) is 4.16. The van der Waals surface area contributed by atoms with Gasteiger partial charge in [-0.3, -0.25) is 19.3 Å². The van der Waals surface area contributed by atoms with E-state index in [0.29, 0.717) is 5.56 Å². The molecule has 0 spiro atoms. The quantitative estimate of drug-likeness (QED) is 0.554. The van der Waals surface area contributed by atoms with Crippen molar-refractivity contribution in [3.63, 3.8) is 0 Å². The zero-order chi connectivity index (χ0) is 22.1. The molecule has 12 heteroatoms. The molecular formula is C18H18N4O6S2. The first kappa shape index (κ1) is 21.5. The molecule has 1 aromatic heterocycles. The molecular weight excluding hydrogens is 432 g/mol. The van der Waals surface area contributed by atoms with Gasteiger partial charge in [0.2, 0.25) is 0 Å². The van der Waals surface area contributed by atoms with E-state index in [9.17, 15) is 22.8 Å². The summed E-state index contributed by atoms with van der Waals surface area (Å²) in [5, 5.41) is 4.33. The van der Waals surface area contributed by atoms with Crippen LogP contribution in [0.1, 0.15) is 29.8 Å². The Bertz CT molecular complexity index is 1150. The standard InChI is InChI=1S/C18H18N4O6S2/c1-9(20-15-11-5-3-4-6-13(11)30(26,27)22-15)18(25)28-10(2)16(24)21-17-12(14(19)23)7-8-29-17/h3-10H,1-2H3,(H2,19,23)(H,20,22)(H,21,24)/t9-,10?/m0/s1. The summed E-state index contributed by atoms with van der Waals surface area (Å²) >= 11 is 1.10. The second kappa shape index (κ2) is 8.24. The Morgan fingerprint density at radius 1 is 1.20 bits per heavy atom. The molecule has 0 aliphatic carbocycles. The van der Waals surface area contributed by atoms with Crippen molar-refractivity contribution in [2.75, 3.05) is 5.32 Å². The number of anilines is 1. The minimum atomic E-state index is -3.74. The van der Waals surface area contributed by atoms with Crippen LogP contribution in [0.15, 0.2) is 45.6 Å². The summed E-state index contributed by atoms with van der Waals surface area (Å²) in [5.41, 5.74) is 5.73. The van der Waals surface area contributed by atoms with Crippen molar-refractivity contribution in [2.45, 2.75) is 30.9 Å². The lowest BCUT2D eigenvalue weighted by molar-refractivity contribution is -0.153. The molecule has 0 bridgehead atoms. The van der Waals surface area contributed by atoms with Gasteiger partial charge in [0.1, 0.15) is 16.9 Å². The number of carbonyl (C=O) groups excluding carboxylic acids is 3. The molecule has 0 saturated carbocycles. The number of ether oxygens (including phenoxy) is 1. The fourth-order valence-electron chi connectivity index (χ4n) is 2.62. The maximum atomic E-state index is 12.3. The predicted molar refractivity (Wildman–Crippen MR) is 110 cm³/mol. The van der Waals surface area contributed by atoms with Crippen molar-refractivity contribution in [3.05, 3.63) is 46.8 Å². The van der Waals surface area contributed by atoms with E-state index >= 15 is 0 Å². The summed E-state index contributed by atoms with van der Waals surface area (Å²) in [6.07, 6.45) is -1.18. The smallest absolute Gasteiger partial charge is 0.331 e. The number of aliphatic imine (C=N–C) groups is 1. The van der Waals surface area contributed by atoms with E-state index in [1.165, 1.54) is 26.0 Å². The number of rotatable bonds is 6. The SMILES string of the molecule is CC(OC(=O)[C@H](C)N=C1NS(=O)(=O)c2ccccc21)C(=O)Nc1sccc1C(N)=O. The highest BCUT2D eigenvalue weighted by Crippen LogP contribution is 2.24. The lowest BCUT2D eigenvalue weighted by Gasteiger charge is -2.15. The van der Waals surface area contributed by atoms with Gasteiger partial charge in [-0.25, -0.2) is 13.2 Å². The van der Waals surface area contributed by atoms with Gasteiger partial charge in [-0.2, -0.15) is 0 Å². The number of hydrogen-bond donors (Lipinski definition) is 3. The number of carbonyl (C=O) groups is 3. The summed E-state index contributed by atoms with van der Waals surface area (Å²) in [6.45, 7) is 2.78. The van der Waals surface area contributed by atoms with Gasteiger partial charge in [0.25, 0.3) is 21.8 Å². The van der Waals surface area contributed by atoms with Gasteiger partial charge in [-0.15, -0.1) is 11.3 Å². The van der Waals surface area contributed by atoms with Crippen molar-refractivity contribution >= 4 is 50.0 Å². The van der Waals surface area contributed by atoms with E-state index in [1.54, 1.807) is 23.6 Å². The number of hydrogen-bond acceptors (Lipinski definition) is 8. The lowest BCUT2D eigenvalue weighted by Crippen LogP contribution is -2.34. The van der Waals surface area contributed by atoms with Crippen LogP contribution in [-0.2, 0) is 24.3 Å². The molecule has 1 unspecified atom stereocenters. The monoisotopic (exact) mass is 450 g/mol. The van der Waals surface area contributed by atoms with Gasteiger partial charge >= 0.3 is 5.97 Å². The van der Waals surface area contributed by atoms with Crippen LogP contribution in [0.5, 0.6) is 0 Å². The molecule has 4 N–H and O–H groups in total. The van der Waals surface area contributed by atoms with Crippen LogP contribution in [0.2, 0.25) is 0 Å². The van der Waals surface area contributed by atoms with E-state index in [0.717, 1.165) is 11.3 Å². The number of fused-ring (bicyclic) bond motifs is 1. The predicted octanol–water partition coefficient (Wildman–Crippen LogP) is 0.844. The van der Waals surface area contributed by atoms with Gasteiger partial charge in [0, 0.05) is 5.56 Å². The Morgan fingerprint density at radius 3 is 2.60 bits per heavy atom. The van der Waals surface area contributed by atoms with E-state index in [2.05, 4.69) is 15.0 Å². The molecule has 1 aliphatic rings. The van der Waals surface area contributed by atoms with Crippen LogP contribution in [0.3, 0.4) is 0 Å². The third kappa shape index (κ3) is 4.33. The molecule has 0 radical (unpaired) electrons. The molecule has 10 nitrogen and oxygen atoms in total. The Labute approximate surface area is 176 Å². The van der Waals surface area contributed by atoms with Crippen LogP contribution >= 0.6 is 11.3 Å². The number of amides is 2. The highest BCUT2D eigenvalue weighted by atomic mass is 32.2. The first-order chi connectivity index (χ1) is 14.1. The number of nitrogens with zero attached hydrogens (tertiary/aromatic N) is 1. The maximum absolute atomic E-state index is 12.3. The fourth-order valence-corrected chi connectivity index (χ4v) is 4.65. The minimum absolute atomic E-state index is 0.0249. The molecule has 30 heavy (non-hydrogen) atoms. The average molecular weight is 450 g/mol. The zero-order valence-corrected chi connectivity index (χ0v) is 17.5. The molecule has 2 atom stereocenters. The van der Waals surface area contributed by atoms with Crippen LogP contribution in [0.25, 0.3) is 0 Å². The average Bonchev–Trinajstić information content (AvgIpc) is 3.24. The number of nitrogens with two attached hydrogens (primary N) is 1. The van der Waals surface area contributed by atoms with Crippen LogP contribution in [-0.4, -0.2) is 44.2 Å². The van der Waals surface area contributed by atoms with E-state index in [1.807, 2.05) is 0 Å². The molecule has 2 aromatic rings. The number of primary amides is 1. The Hall–Kier alpha value is -3.25. The van der Waals surface area contributed by atoms with Gasteiger partial charge in [0.15, 0.2) is 6.10 Å². The van der Waals surface area contributed by atoms with E-state index in [-0.39, 0.29) is 21.3 Å². The summed E-state index contributed by atoms with van der Waals surface area (Å²) in [4.78, 5) is 40.1. The van der Waals surface area contributed by atoms with Crippen LogP contribution in [0.4, 0.5) is 5.00 Å². The molecule has 3 rings (SSSR count). The van der Waals surface area contributed by atoms with Gasteiger partial charge in [-0.05, 0) is 37.4 Å². The Morgan fingerprint density at radius 2 is 1.90 bits per heavy atom. The van der Waals surface area contributed by atoms with Gasteiger partial charge < -0.3 is 15.8 Å². The zero-order valence-electron chi connectivity index (χ0n) is 15.9. The molecule has 2 amide bonds. The molecule has 0 saturated heterocycles. The Balaban J connectivity index is 1.67. The summed E-state index contributed by atoms with van der Waals surface area (Å²) in [6, 6.07) is 6.62. The number of nitrogens with one attached hydrogen (secondary N) is 2. The van der Waals surface area contributed by atoms with Crippen molar-refractivity contribution in [1.82, 2.24) is 4.72 Å². The highest BCUT2D eigenvalue weighted by Gasteiger charge is 2.32. The fraction of sp³-hybridized carbons (Fsp3) is 0.222. The van der Waals surface area contributed by atoms with Crippen LogP contribution < -0.4 is 15.8 Å². The molecule has 1 aliphatic heterocycles. The number of benzene rings is 1. The van der Waals surface area contributed by atoms with Crippen molar-refractivity contribution in [2.24, 2.45) is 10.7 Å². The topological polar surface area (TPSA) is 157 Å². The van der Waals surface area contributed by atoms with E-state index in [4.69, 9.17) is 10.5 Å². The molecule has 158 valence electrons. The maximum Gasteiger partial charge on any atom is 0.331 e. The number of amidine groups is 1. The van der Waals surface area contributed by atoms with Crippen molar-refractivity contribution < 1.29 is 27.5 Å². The van der Waals surface area contributed by atoms with Gasteiger partial charge in [-0.1, -0.05) is 12.1 Å². The summed E-state index contributed by atoms with van der Waals surface area (Å²) in [7, 11) is -3.74. The molecule has 2 heterocycles. The minimum Gasteiger partial charge on any atom is -0.451 e. The van der Waals surface area contributed by atoms with E-state index < -0.39 is 40.0 Å². The first-order valence-corrected chi connectivity index (χ1v) is 11.0. The van der Waals surface area contributed by atoms with Gasteiger partial charge in [0.05, 0.1) is 10.5 Å². The normalized spacial score (nSPS) is 17.5. The largest absolute Gasteiger partial charge is 0.451 e. The second-order valence-corrected chi connectivity index (χ2v) is 8.92. The number of sulfonamides is 1. The summed E-state index contributed by atoms with van der Waals surface area (Å²) < 4.78 is 31.7. The van der Waals surface area contributed by atoms with Crippen LogP contribution in [0, 0.1) is 0 Å². The number of thiophene rings is 1. The summed E-state index contributed by atoms with van der Waals surface area (Å²) in [5.74, 6) is -2.15. The van der Waals surface area contributed by atoms with Crippen molar-refractivity contribution in [1.29, 1.82) is 0 Å².